The molecule has 0 unspecified atom stereocenters. The monoisotopic (exact) mass is 265 g/mol. The van der Waals surface area contributed by atoms with Crippen molar-refractivity contribution in [1.82, 2.24) is 0 Å². The first-order chi connectivity index (χ1) is 5.65. The number of hydrogen-bond donors (Lipinski definition) is 2. The Kier molecular flexibility index (Phi) is 5.37. The second-order valence-corrected chi connectivity index (χ2v) is 3.58. The maximum absolute atomic E-state index is 9.21. The number of rotatable bonds is 2. The third kappa shape index (κ3) is 3.18. The molecule has 1 atom stereocenters. The molecule has 0 aromatic heterocycles. The highest BCUT2D eigenvalue weighted by Crippen LogP contribution is 2.26. The molecule has 0 aliphatic heterocycles. The predicted octanol–water partition coefficient (Wildman–Crippen LogP) is 2.99. The molecule has 1 aromatic rings. The SMILES string of the molecule is CC[C@@H](N)c1ccc(O)c(Br)c1.Cl. The van der Waals surface area contributed by atoms with E-state index in [0.717, 1.165) is 12.0 Å². The van der Waals surface area contributed by atoms with E-state index in [1.54, 1.807) is 6.07 Å². The Morgan fingerprint density at radius 2 is 2.15 bits per heavy atom. The van der Waals surface area contributed by atoms with Crippen molar-refractivity contribution in [3.63, 3.8) is 0 Å². The Hall–Kier alpha value is -0.250. The molecular formula is C9H13BrClNO. The van der Waals surface area contributed by atoms with Crippen molar-refractivity contribution >= 4 is 28.3 Å². The van der Waals surface area contributed by atoms with Gasteiger partial charge in [0.05, 0.1) is 4.47 Å². The van der Waals surface area contributed by atoms with E-state index in [9.17, 15) is 5.11 Å². The van der Waals surface area contributed by atoms with Gasteiger partial charge in [0.25, 0.3) is 0 Å². The normalized spacial score (nSPS) is 11.9. The first-order valence-corrected chi connectivity index (χ1v) is 4.68. The van der Waals surface area contributed by atoms with Crippen LogP contribution < -0.4 is 5.73 Å². The van der Waals surface area contributed by atoms with E-state index in [1.807, 2.05) is 19.1 Å². The number of benzene rings is 1. The molecule has 4 heteroatoms. The summed E-state index contributed by atoms with van der Waals surface area (Å²) in [7, 11) is 0. The van der Waals surface area contributed by atoms with Gasteiger partial charge in [-0.25, -0.2) is 0 Å². The van der Waals surface area contributed by atoms with Crippen molar-refractivity contribution < 1.29 is 5.11 Å². The minimum atomic E-state index is 0. The maximum Gasteiger partial charge on any atom is 0.129 e. The van der Waals surface area contributed by atoms with E-state index in [-0.39, 0.29) is 24.2 Å². The molecule has 13 heavy (non-hydrogen) atoms. The van der Waals surface area contributed by atoms with Crippen LogP contribution in [-0.4, -0.2) is 5.11 Å². The van der Waals surface area contributed by atoms with E-state index in [4.69, 9.17) is 5.73 Å². The highest BCUT2D eigenvalue weighted by atomic mass is 79.9. The number of halogens is 2. The van der Waals surface area contributed by atoms with Gasteiger partial charge < -0.3 is 10.8 Å². The van der Waals surface area contributed by atoms with Crippen molar-refractivity contribution in [1.29, 1.82) is 0 Å². The highest BCUT2D eigenvalue weighted by molar-refractivity contribution is 9.10. The fourth-order valence-electron chi connectivity index (χ4n) is 0.989. The summed E-state index contributed by atoms with van der Waals surface area (Å²) >= 11 is 3.24. The summed E-state index contributed by atoms with van der Waals surface area (Å²) in [5.41, 5.74) is 6.85. The molecule has 2 nitrogen and oxygen atoms in total. The lowest BCUT2D eigenvalue weighted by Crippen LogP contribution is -2.08. The molecule has 74 valence electrons. The van der Waals surface area contributed by atoms with Crippen LogP contribution in [0.15, 0.2) is 22.7 Å². The van der Waals surface area contributed by atoms with Gasteiger partial charge in [0.15, 0.2) is 0 Å². The second kappa shape index (κ2) is 5.47. The van der Waals surface area contributed by atoms with Crippen molar-refractivity contribution in [3.05, 3.63) is 28.2 Å². The summed E-state index contributed by atoms with van der Waals surface area (Å²) in [6.45, 7) is 2.03. The lowest BCUT2D eigenvalue weighted by Gasteiger charge is -2.09. The lowest BCUT2D eigenvalue weighted by atomic mass is 10.1. The molecular weight excluding hydrogens is 253 g/mol. The molecule has 0 amide bonds. The van der Waals surface area contributed by atoms with Gasteiger partial charge in [-0.2, -0.15) is 0 Å². The Balaban J connectivity index is 0.00000144. The van der Waals surface area contributed by atoms with Crippen molar-refractivity contribution in [2.45, 2.75) is 19.4 Å². The standard InChI is InChI=1S/C9H12BrNO.ClH/c1-2-8(11)6-3-4-9(12)7(10)5-6;/h3-5,8,12H,2,11H2,1H3;1H/t8-;/m1./s1. The molecule has 0 fully saturated rings. The molecule has 0 saturated carbocycles. The fraction of sp³-hybridized carbons (Fsp3) is 0.333. The van der Waals surface area contributed by atoms with E-state index in [2.05, 4.69) is 15.9 Å². The van der Waals surface area contributed by atoms with Crippen LogP contribution >= 0.6 is 28.3 Å². The lowest BCUT2D eigenvalue weighted by molar-refractivity contribution is 0.471. The third-order valence-corrected chi connectivity index (χ3v) is 2.47. The summed E-state index contributed by atoms with van der Waals surface area (Å²) in [4.78, 5) is 0. The molecule has 1 aromatic carbocycles. The van der Waals surface area contributed by atoms with Gasteiger partial charge in [0, 0.05) is 6.04 Å². The average molecular weight is 267 g/mol. The molecule has 0 spiro atoms. The summed E-state index contributed by atoms with van der Waals surface area (Å²) in [6, 6.07) is 5.40. The Labute approximate surface area is 92.7 Å². The van der Waals surface area contributed by atoms with Gasteiger partial charge >= 0.3 is 0 Å². The van der Waals surface area contributed by atoms with Crippen molar-refractivity contribution in [2.24, 2.45) is 5.73 Å². The molecule has 3 N–H and O–H groups in total. The van der Waals surface area contributed by atoms with E-state index in [0.29, 0.717) is 4.47 Å². The van der Waals surface area contributed by atoms with Gasteiger partial charge in [-0.1, -0.05) is 13.0 Å². The Morgan fingerprint density at radius 1 is 1.54 bits per heavy atom. The van der Waals surface area contributed by atoms with Gasteiger partial charge in [-0.3, -0.25) is 0 Å². The third-order valence-electron chi connectivity index (χ3n) is 1.84. The van der Waals surface area contributed by atoms with Gasteiger partial charge in [0.1, 0.15) is 5.75 Å². The maximum atomic E-state index is 9.21. The summed E-state index contributed by atoms with van der Waals surface area (Å²) in [5, 5.41) is 9.21. The van der Waals surface area contributed by atoms with Crippen molar-refractivity contribution in [2.75, 3.05) is 0 Å². The van der Waals surface area contributed by atoms with E-state index < -0.39 is 0 Å². The van der Waals surface area contributed by atoms with Crippen molar-refractivity contribution in [3.8, 4) is 5.75 Å². The van der Waals surface area contributed by atoms with Gasteiger partial charge in [-0.05, 0) is 40.0 Å². The molecule has 0 radical (unpaired) electrons. The van der Waals surface area contributed by atoms with Crippen LogP contribution in [0.2, 0.25) is 0 Å². The highest BCUT2D eigenvalue weighted by Gasteiger charge is 2.05. The number of hydrogen-bond acceptors (Lipinski definition) is 2. The summed E-state index contributed by atoms with van der Waals surface area (Å²) in [6.07, 6.45) is 0.900. The number of nitrogens with two attached hydrogens (primary N) is 1. The smallest absolute Gasteiger partial charge is 0.129 e. The van der Waals surface area contributed by atoms with E-state index in [1.165, 1.54) is 0 Å². The molecule has 1 rings (SSSR count). The van der Waals surface area contributed by atoms with Crippen LogP contribution in [0.5, 0.6) is 5.75 Å². The van der Waals surface area contributed by atoms with Crippen LogP contribution in [0.1, 0.15) is 24.9 Å². The minimum absolute atomic E-state index is 0. The second-order valence-electron chi connectivity index (χ2n) is 2.73. The van der Waals surface area contributed by atoms with Crippen LogP contribution in [0.3, 0.4) is 0 Å². The molecule has 0 aliphatic carbocycles. The molecule has 0 bridgehead atoms. The molecule has 0 saturated heterocycles. The average Bonchev–Trinajstić information content (AvgIpc) is 2.08. The number of aromatic hydroxyl groups is 1. The fourth-order valence-corrected chi connectivity index (χ4v) is 1.39. The topological polar surface area (TPSA) is 46.2 Å². The van der Waals surface area contributed by atoms with Gasteiger partial charge in [-0.15, -0.1) is 12.4 Å². The largest absolute Gasteiger partial charge is 0.507 e. The zero-order chi connectivity index (χ0) is 9.14. The van der Waals surface area contributed by atoms with Crippen LogP contribution in [0.4, 0.5) is 0 Å². The first-order valence-electron chi connectivity index (χ1n) is 3.89. The van der Waals surface area contributed by atoms with E-state index >= 15 is 0 Å². The minimum Gasteiger partial charge on any atom is -0.507 e. The van der Waals surface area contributed by atoms with Gasteiger partial charge in [0.2, 0.25) is 0 Å². The zero-order valence-electron chi connectivity index (χ0n) is 7.33. The van der Waals surface area contributed by atoms with Crippen LogP contribution in [-0.2, 0) is 0 Å². The zero-order valence-corrected chi connectivity index (χ0v) is 9.73. The quantitative estimate of drug-likeness (QED) is 0.864. The van der Waals surface area contributed by atoms with Crippen LogP contribution in [0.25, 0.3) is 0 Å². The molecule has 0 aliphatic rings. The Bertz CT molecular complexity index is 280. The molecule has 0 heterocycles. The number of phenols is 1. The first kappa shape index (κ1) is 12.8. The number of phenolic OH excluding ortho intramolecular Hbond substituents is 1. The predicted molar refractivity (Wildman–Crippen MR) is 60.3 cm³/mol. The Morgan fingerprint density at radius 3 is 2.62 bits per heavy atom. The summed E-state index contributed by atoms with van der Waals surface area (Å²) < 4.78 is 0.698. The van der Waals surface area contributed by atoms with Crippen LogP contribution in [0, 0.1) is 0 Å². The summed E-state index contributed by atoms with van der Waals surface area (Å²) in [5.74, 6) is 0.252.